The number of aromatic nitrogens is 3. The highest BCUT2D eigenvalue weighted by atomic mass is 16.3. The molecule has 0 N–H and O–H groups in total. The fourth-order valence-corrected chi connectivity index (χ4v) is 4.12. The monoisotopic (exact) mass is 366 g/mol. The van der Waals surface area contributed by atoms with Crippen LogP contribution in [0.15, 0.2) is 35.1 Å². The van der Waals surface area contributed by atoms with Crippen molar-refractivity contribution in [1.82, 2.24) is 19.7 Å². The molecule has 4 heterocycles. The van der Waals surface area contributed by atoms with Gasteiger partial charge in [0.15, 0.2) is 11.4 Å². The molecule has 0 radical (unpaired) electrons. The van der Waals surface area contributed by atoms with Gasteiger partial charge in [-0.2, -0.15) is 5.10 Å². The minimum atomic E-state index is 0.0527. The van der Waals surface area contributed by atoms with Gasteiger partial charge >= 0.3 is 0 Å². The molecule has 27 heavy (non-hydrogen) atoms. The number of nitrogens with zero attached hydrogens (tertiary/aromatic N) is 4. The summed E-state index contributed by atoms with van der Waals surface area (Å²) in [6.07, 6.45) is 4.55. The lowest BCUT2D eigenvalue weighted by molar-refractivity contribution is 0.0625. The van der Waals surface area contributed by atoms with E-state index in [-0.39, 0.29) is 11.9 Å². The number of piperidine rings is 1. The zero-order chi connectivity index (χ0) is 19.1. The Morgan fingerprint density at radius 2 is 2.00 bits per heavy atom. The number of pyridine rings is 1. The van der Waals surface area contributed by atoms with E-state index in [0.29, 0.717) is 28.9 Å². The number of hydrogen-bond donors (Lipinski definition) is 0. The summed E-state index contributed by atoms with van der Waals surface area (Å²) in [6, 6.07) is 5.69. The van der Waals surface area contributed by atoms with Crippen LogP contribution >= 0.6 is 0 Å². The first-order chi connectivity index (χ1) is 12.9. The molecule has 0 saturated carbocycles. The second-order valence-corrected chi connectivity index (χ2v) is 8.11. The molecule has 142 valence electrons. The Balaban J connectivity index is 1.84. The van der Waals surface area contributed by atoms with Gasteiger partial charge in [-0.25, -0.2) is 9.67 Å². The topological polar surface area (TPSA) is 64.2 Å². The Labute approximate surface area is 159 Å². The van der Waals surface area contributed by atoms with Gasteiger partial charge in [0, 0.05) is 19.1 Å². The van der Waals surface area contributed by atoms with E-state index in [9.17, 15) is 4.79 Å². The average Bonchev–Trinajstić information content (AvgIpc) is 3.28. The molecule has 3 aromatic rings. The largest absolute Gasteiger partial charge is 0.463 e. The van der Waals surface area contributed by atoms with Gasteiger partial charge in [0.05, 0.1) is 23.4 Å². The number of fused-ring (bicyclic) bond motifs is 1. The van der Waals surface area contributed by atoms with Crippen LogP contribution in [-0.4, -0.2) is 38.7 Å². The maximum absolute atomic E-state index is 13.4. The van der Waals surface area contributed by atoms with Crippen LogP contribution in [0.3, 0.4) is 0 Å². The number of likely N-dealkylation sites (tertiary alicyclic amines) is 1. The lowest BCUT2D eigenvalue weighted by Crippen LogP contribution is -2.42. The first-order valence-electron chi connectivity index (χ1n) is 9.65. The second-order valence-electron chi connectivity index (χ2n) is 8.11. The fourth-order valence-electron chi connectivity index (χ4n) is 4.12. The first kappa shape index (κ1) is 17.8. The second kappa shape index (κ2) is 6.83. The van der Waals surface area contributed by atoms with Crippen molar-refractivity contribution in [2.75, 3.05) is 13.1 Å². The summed E-state index contributed by atoms with van der Waals surface area (Å²) in [7, 11) is 0. The lowest BCUT2D eigenvalue weighted by Gasteiger charge is -2.35. The summed E-state index contributed by atoms with van der Waals surface area (Å²) in [4.78, 5) is 20.2. The third-order valence-electron chi connectivity index (χ3n) is 5.22. The van der Waals surface area contributed by atoms with Crippen molar-refractivity contribution in [1.29, 1.82) is 0 Å². The Morgan fingerprint density at radius 3 is 2.63 bits per heavy atom. The number of furan rings is 1. The van der Waals surface area contributed by atoms with Crippen LogP contribution in [0.2, 0.25) is 0 Å². The van der Waals surface area contributed by atoms with Gasteiger partial charge in [-0.1, -0.05) is 13.8 Å². The van der Waals surface area contributed by atoms with Crippen LogP contribution in [0.25, 0.3) is 22.5 Å². The highest BCUT2D eigenvalue weighted by molar-refractivity contribution is 6.06. The summed E-state index contributed by atoms with van der Waals surface area (Å²) >= 11 is 0. The van der Waals surface area contributed by atoms with Crippen molar-refractivity contribution < 1.29 is 9.21 Å². The molecule has 6 nitrogen and oxygen atoms in total. The minimum absolute atomic E-state index is 0.0527. The smallest absolute Gasteiger partial charge is 0.254 e. The molecule has 0 bridgehead atoms. The molecule has 1 fully saturated rings. The van der Waals surface area contributed by atoms with Crippen molar-refractivity contribution in [3.8, 4) is 11.5 Å². The van der Waals surface area contributed by atoms with Crippen LogP contribution in [0.5, 0.6) is 0 Å². The molecule has 0 aromatic carbocycles. The normalized spacial score (nSPS) is 20.6. The lowest BCUT2D eigenvalue weighted by atomic mass is 9.91. The molecule has 1 saturated heterocycles. The number of rotatable bonds is 3. The van der Waals surface area contributed by atoms with Crippen molar-refractivity contribution in [3.05, 3.63) is 36.2 Å². The minimum Gasteiger partial charge on any atom is -0.463 e. The summed E-state index contributed by atoms with van der Waals surface area (Å²) < 4.78 is 7.40. The number of carbonyl (C=O) groups is 1. The van der Waals surface area contributed by atoms with E-state index in [4.69, 9.17) is 9.40 Å². The van der Waals surface area contributed by atoms with Crippen molar-refractivity contribution in [2.24, 2.45) is 11.8 Å². The van der Waals surface area contributed by atoms with E-state index in [1.54, 1.807) is 12.5 Å². The van der Waals surface area contributed by atoms with Crippen LogP contribution in [0.1, 0.15) is 50.5 Å². The van der Waals surface area contributed by atoms with Crippen LogP contribution in [-0.2, 0) is 0 Å². The Morgan fingerprint density at radius 1 is 1.26 bits per heavy atom. The molecule has 1 aliphatic heterocycles. The average molecular weight is 366 g/mol. The SMILES string of the molecule is CC1CC(C)CN(C(=O)c2cc(-c3ccco3)nc3c2cnn3C(C)C)C1. The van der Waals surface area contributed by atoms with E-state index >= 15 is 0 Å². The zero-order valence-electron chi connectivity index (χ0n) is 16.3. The maximum Gasteiger partial charge on any atom is 0.254 e. The van der Waals surface area contributed by atoms with Gasteiger partial charge in [-0.15, -0.1) is 0 Å². The predicted molar refractivity (Wildman–Crippen MR) is 104 cm³/mol. The van der Waals surface area contributed by atoms with E-state index < -0.39 is 0 Å². The Hall–Kier alpha value is -2.63. The van der Waals surface area contributed by atoms with Gasteiger partial charge in [-0.3, -0.25) is 4.79 Å². The van der Waals surface area contributed by atoms with Crippen LogP contribution < -0.4 is 0 Å². The number of carbonyl (C=O) groups excluding carboxylic acids is 1. The maximum atomic E-state index is 13.4. The molecular weight excluding hydrogens is 340 g/mol. The molecule has 1 amide bonds. The first-order valence-corrected chi connectivity index (χ1v) is 9.65. The van der Waals surface area contributed by atoms with E-state index in [0.717, 1.165) is 24.1 Å². The third kappa shape index (κ3) is 3.24. The summed E-state index contributed by atoms with van der Waals surface area (Å²) in [5.41, 5.74) is 2.04. The van der Waals surface area contributed by atoms with Gasteiger partial charge < -0.3 is 9.32 Å². The molecule has 2 atom stereocenters. The van der Waals surface area contributed by atoms with Crippen molar-refractivity contribution in [2.45, 2.75) is 40.2 Å². The zero-order valence-corrected chi connectivity index (χ0v) is 16.3. The van der Waals surface area contributed by atoms with E-state index in [2.05, 4.69) is 32.8 Å². The molecule has 0 spiro atoms. The molecule has 1 aliphatic rings. The number of hydrogen-bond acceptors (Lipinski definition) is 4. The van der Waals surface area contributed by atoms with Crippen molar-refractivity contribution in [3.63, 3.8) is 0 Å². The fraction of sp³-hybridized carbons (Fsp3) is 0.476. The van der Waals surface area contributed by atoms with Crippen molar-refractivity contribution >= 4 is 16.9 Å². The quantitative estimate of drug-likeness (QED) is 0.689. The van der Waals surface area contributed by atoms with Crippen LogP contribution in [0.4, 0.5) is 0 Å². The van der Waals surface area contributed by atoms with E-state index in [1.165, 1.54) is 6.42 Å². The molecular formula is C21H26N4O2. The van der Waals surface area contributed by atoms with Gasteiger partial charge in [0.25, 0.3) is 5.91 Å². The summed E-state index contributed by atoms with van der Waals surface area (Å²) in [5, 5.41) is 5.29. The predicted octanol–water partition coefficient (Wildman–Crippen LogP) is 4.39. The highest BCUT2D eigenvalue weighted by Crippen LogP contribution is 2.29. The number of amides is 1. The molecule has 0 aliphatic carbocycles. The molecule has 2 unspecified atom stereocenters. The summed E-state index contributed by atoms with van der Waals surface area (Å²) in [6.45, 7) is 10.1. The Bertz CT molecular complexity index is 948. The third-order valence-corrected chi connectivity index (χ3v) is 5.22. The highest BCUT2D eigenvalue weighted by Gasteiger charge is 2.28. The molecule has 6 heteroatoms. The van der Waals surface area contributed by atoms with Gasteiger partial charge in [0.2, 0.25) is 0 Å². The van der Waals surface area contributed by atoms with Gasteiger partial charge in [0.1, 0.15) is 5.69 Å². The van der Waals surface area contributed by atoms with Gasteiger partial charge in [-0.05, 0) is 50.3 Å². The van der Waals surface area contributed by atoms with E-state index in [1.807, 2.05) is 27.8 Å². The standard InChI is InChI=1S/C21H26N4O2/c1-13(2)25-20-17(10-22-25)16(9-18(23-20)19-6-5-7-27-19)21(26)24-11-14(3)8-15(4)12-24/h5-7,9-10,13-15H,8,11-12H2,1-4H3. The van der Waals surface area contributed by atoms with Crippen LogP contribution in [0, 0.1) is 11.8 Å². The summed E-state index contributed by atoms with van der Waals surface area (Å²) in [5.74, 6) is 1.73. The molecule has 4 rings (SSSR count). The molecule has 3 aromatic heterocycles. The Kier molecular flexibility index (Phi) is 4.50.